The van der Waals surface area contributed by atoms with Crippen molar-refractivity contribution in [2.75, 3.05) is 0 Å². The van der Waals surface area contributed by atoms with E-state index in [1.807, 2.05) is 41.0 Å². The van der Waals surface area contributed by atoms with Crippen LogP contribution in [0.25, 0.3) is 11.3 Å². The molecule has 2 aromatic carbocycles. The SMILES string of the molecule is O=S(=O)(Cc1ccccc1)NC1C2CC3CC1CC([C@H](O)C[C@H]1c4c(F)cccc4-c4cncn41)(C3)C2. The van der Waals surface area contributed by atoms with Crippen LogP contribution < -0.4 is 4.72 Å². The monoisotopic (exact) mass is 521 g/mol. The van der Waals surface area contributed by atoms with Gasteiger partial charge in [-0.25, -0.2) is 22.5 Å². The minimum atomic E-state index is -3.47. The summed E-state index contributed by atoms with van der Waals surface area (Å²) in [5.41, 5.74) is 2.94. The summed E-state index contributed by atoms with van der Waals surface area (Å²) in [5.74, 6) is 0.710. The number of fused-ring (bicyclic) bond motifs is 3. The van der Waals surface area contributed by atoms with Crippen molar-refractivity contribution in [3.63, 3.8) is 0 Å². The molecular formula is C29H32FN3O3S. The van der Waals surface area contributed by atoms with Gasteiger partial charge in [0.25, 0.3) is 0 Å². The Morgan fingerprint density at radius 1 is 1.08 bits per heavy atom. The van der Waals surface area contributed by atoms with Crippen LogP contribution in [0.15, 0.2) is 61.1 Å². The lowest BCUT2D eigenvalue weighted by Gasteiger charge is -2.61. The first-order valence-corrected chi connectivity index (χ1v) is 15.0. The number of hydrogen-bond donors (Lipinski definition) is 2. The molecule has 4 atom stereocenters. The Bertz CT molecular complexity index is 1420. The molecule has 4 fully saturated rings. The van der Waals surface area contributed by atoms with Gasteiger partial charge in [-0.1, -0.05) is 42.5 Å². The van der Waals surface area contributed by atoms with E-state index < -0.39 is 16.1 Å². The highest BCUT2D eigenvalue weighted by molar-refractivity contribution is 7.88. The first kappa shape index (κ1) is 23.6. The van der Waals surface area contributed by atoms with Gasteiger partial charge < -0.3 is 9.67 Å². The summed E-state index contributed by atoms with van der Waals surface area (Å²) in [5, 5.41) is 11.8. The van der Waals surface area contributed by atoms with Crippen LogP contribution >= 0.6 is 0 Å². The molecule has 6 nitrogen and oxygen atoms in total. The Morgan fingerprint density at radius 3 is 2.59 bits per heavy atom. The van der Waals surface area contributed by atoms with E-state index in [1.54, 1.807) is 18.6 Å². The largest absolute Gasteiger partial charge is 0.392 e. The van der Waals surface area contributed by atoms with Crippen LogP contribution in [0.3, 0.4) is 0 Å². The Labute approximate surface area is 217 Å². The molecule has 5 aliphatic rings. The molecule has 8 heteroatoms. The van der Waals surface area contributed by atoms with Crippen molar-refractivity contribution < 1.29 is 17.9 Å². The van der Waals surface area contributed by atoms with Crippen LogP contribution in [0.1, 0.15) is 55.7 Å². The van der Waals surface area contributed by atoms with Gasteiger partial charge in [0.2, 0.25) is 10.0 Å². The zero-order valence-electron chi connectivity index (χ0n) is 20.6. The summed E-state index contributed by atoms with van der Waals surface area (Å²) >= 11 is 0. The van der Waals surface area contributed by atoms with Crippen LogP contribution in [0, 0.1) is 29.0 Å². The molecule has 4 bridgehead atoms. The third-order valence-electron chi connectivity index (χ3n) is 9.65. The van der Waals surface area contributed by atoms with Gasteiger partial charge in [0.05, 0.1) is 36.1 Å². The predicted octanol–water partition coefficient (Wildman–Crippen LogP) is 4.66. The molecule has 1 aliphatic heterocycles. The van der Waals surface area contributed by atoms with Crippen molar-refractivity contribution in [1.29, 1.82) is 0 Å². The Hall–Kier alpha value is -2.55. The summed E-state index contributed by atoms with van der Waals surface area (Å²) in [6, 6.07) is 14.1. The van der Waals surface area contributed by atoms with Gasteiger partial charge in [0.15, 0.2) is 0 Å². The highest BCUT2D eigenvalue weighted by atomic mass is 32.2. The fraction of sp³-hybridized carbons (Fsp3) is 0.483. The minimum absolute atomic E-state index is 0.0130. The number of nitrogens with zero attached hydrogens (tertiary/aromatic N) is 2. The first-order valence-electron chi connectivity index (χ1n) is 13.3. The van der Waals surface area contributed by atoms with E-state index in [0.717, 1.165) is 48.9 Å². The molecule has 37 heavy (non-hydrogen) atoms. The van der Waals surface area contributed by atoms with Gasteiger partial charge in [0.1, 0.15) is 5.82 Å². The molecule has 1 aromatic heterocycles. The standard InChI is InChI=1S/C29H32FN3O3S/c30-23-8-4-7-22-25-15-31-17-33(25)24(27(22)23)11-26(34)29-12-19-9-20(13-29)28(21(10-19)14-29)32-37(35,36)16-18-5-2-1-3-6-18/h1-8,15,17,19-21,24,26,28,32,34H,9-14,16H2/t19?,20?,21?,24-,26+,28?,29?/m0/s1. The summed E-state index contributed by atoms with van der Waals surface area (Å²) in [4.78, 5) is 4.29. The fourth-order valence-electron chi connectivity index (χ4n) is 8.42. The molecular weight excluding hydrogens is 489 g/mol. The van der Waals surface area contributed by atoms with E-state index in [2.05, 4.69) is 9.71 Å². The lowest BCUT2D eigenvalue weighted by Crippen LogP contribution is -2.61. The fourth-order valence-corrected chi connectivity index (χ4v) is 9.94. The van der Waals surface area contributed by atoms with Crippen LogP contribution in [-0.4, -0.2) is 35.2 Å². The number of halogens is 1. The molecule has 0 spiro atoms. The van der Waals surface area contributed by atoms with Crippen molar-refractivity contribution in [2.45, 2.75) is 62.5 Å². The number of rotatable bonds is 7. The number of hydrogen-bond acceptors (Lipinski definition) is 4. The topological polar surface area (TPSA) is 84.2 Å². The number of sulfonamides is 1. The van der Waals surface area contributed by atoms with Crippen molar-refractivity contribution in [1.82, 2.24) is 14.3 Å². The van der Waals surface area contributed by atoms with E-state index >= 15 is 0 Å². The highest BCUT2D eigenvalue weighted by Gasteiger charge is 2.58. The van der Waals surface area contributed by atoms with Crippen LogP contribution in [0.2, 0.25) is 0 Å². The molecule has 4 aliphatic carbocycles. The van der Waals surface area contributed by atoms with Crippen LogP contribution in [-0.2, 0) is 15.8 Å². The van der Waals surface area contributed by atoms with E-state index in [9.17, 15) is 17.9 Å². The molecule has 194 valence electrons. The predicted molar refractivity (Wildman–Crippen MR) is 138 cm³/mol. The average Bonchev–Trinajstić information content (AvgIpc) is 3.44. The number of aliphatic hydroxyl groups excluding tert-OH is 1. The lowest BCUT2D eigenvalue weighted by molar-refractivity contribution is -0.134. The lowest BCUT2D eigenvalue weighted by atomic mass is 9.46. The maximum Gasteiger partial charge on any atom is 0.216 e. The smallest absolute Gasteiger partial charge is 0.216 e. The minimum Gasteiger partial charge on any atom is -0.392 e. The number of nitrogens with one attached hydrogen (secondary N) is 1. The molecule has 0 saturated heterocycles. The van der Waals surface area contributed by atoms with Gasteiger partial charge >= 0.3 is 0 Å². The highest BCUT2D eigenvalue weighted by Crippen LogP contribution is 2.62. The maximum atomic E-state index is 15.0. The quantitative estimate of drug-likeness (QED) is 0.474. The third kappa shape index (κ3) is 3.87. The second-order valence-corrected chi connectivity index (χ2v) is 13.6. The first-order chi connectivity index (χ1) is 17.8. The molecule has 2 unspecified atom stereocenters. The van der Waals surface area contributed by atoms with Gasteiger partial charge in [-0.15, -0.1) is 0 Å². The zero-order valence-corrected chi connectivity index (χ0v) is 21.4. The van der Waals surface area contributed by atoms with Gasteiger partial charge in [-0.3, -0.25) is 0 Å². The summed E-state index contributed by atoms with van der Waals surface area (Å²) in [6.07, 6.45) is 7.97. The number of benzene rings is 2. The van der Waals surface area contributed by atoms with Crippen molar-refractivity contribution in [3.05, 3.63) is 78.0 Å². The second-order valence-electron chi connectivity index (χ2n) is 11.9. The van der Waals surface area contributed by atoms with Crippen molar-refractivity contribution >= 4 is 10.0 Å². The average molecular weight is 522 g/mol. The zero-order chi connectivity index (χ0) is 25.4. The molecule has 3 aromatic rings. The van der Waals surface area contributed by atoms with Gasteiger partial charge in [-0.2, -0.15) is 0 Å². The summed E-state index contributed by atoms with van der Waals surface area (Å²) in [6.45, 7) is 0. The second kappa shape index (κ2) is 8.48. The third-order valence-corrected chi connectivity index (χ3v) is 11.0. The van der Waals surface area contributed by atoms with Crippen LogP contribution in [0.4, 0.5) is 4.39 Å². The molecule has 2 N–H and O–H groups in total. The molecule has 0 amide bonds. The number of aromatic nitrogens is 2. The van der Waals surface area contributed by atoms with E-state index in [4.69, 9.17) is 0 Å². The molecule has 4 saturated carbocycles. The Morgan fingerprint density at radius 2 is 1.84 bits per heavy atom. The maximum absolute atomic E-state index is 15.0. The van der Waals surface area contributed by atoms with E-state index in [0.29, 0.717) is 17.9 Å². The van der Waals surface area contributed by atoms with Crippen molar-refractivity contribution in [2.24, 2.45) is 23.2 Å². The number of imidazole rings is 1. The molecule has 2 heterocycles. The van der Waals surface area contributed by atoms with Crippen LogP contribution in [0.5, 0.6) is 0 Å². The Kier molecular flexibility index (Phi) is 5.40. The van der Waals surface area contributed by atoms with E-state index in [1.165, 1.54) is 6.07 Å². The number of aliphatic hydroxyl groups is 1. The summed E-state index contributed by atoms with van der Waals surface area (Å²) < 4.78 is 46.2. The normalized spacial score (nSPS) is 32.3. The van der Waals surface area contributed by atoms with E-state index in [-0.39, 0.29) is 40.9 Å². The van der Waals surface area contributed by atoms with Gasteiger partial charge in [0, 0.05) is 17.2 Å². The summed E-state index contributed by atoms with van der Waals surface area (Å²) in [7, 11) is -3.47. The Balaban J connectivity index is 1.11. The van der Waals surface area contributed by atoms with Crippen molar-refractivity contribution in [3.8, 4) is 11.3 Å². The molecule has 0 radical (unpaired) electrons. The molecule has 8 rings (SSSR count). The van der Waals surface area contributed by atoms with Gasteiger partial charge in [-0.05, 0) is 73.3 Å².